The third-order valence-corrected chi connectivity index (χ3v) is 4.19. The maximum absolute atomic E-state index is 11.6. The summed E-state index contributed by atoms with van der Waals surface area (Å²) in [6.07, 6.45) is 4.81. The van der Waals surface area contributed by atoms with E-state index in [-0.39, 0.29) is 5.91 Å². The molecule has 1 aliphatic rings. The molecule has 1 amide bonds. The van der Waals surface area contributed by atoms with Crippen LogP contribution in [0.3, 0.4) is 0 Å². The molecule has 1 heterocycles. The van der Waals surface area contributed by atoms with Crippen LogP contribution >= 0.6 is 11.3 Å². The van der Waals surface area contributed by atoms with Gasteiger partial charge in [0.15, 0.2) is 0 Å². The van der Waals surface area contributed by atoms with Crippen LogP contribution in [0.15, 0.2) is 10.8 Å². The number of hydrogen-bond acceptors (Lipinski definition) is 3. The number of rotatable bonds is 5. The van der Waals surface area contributed by atoms with Crippen LogP contribution < -0.4 is 10.6 Å². The number of carbonyl (C=O) groups excluding carboxylic acids is 1. The molecule has 1 fully saturated rings. The summed E-state index contributed by atoms with van der Waals surface area (Å²) in [6, 6.07) is 0.423. The first-order chi connectivity index (χ1) is 8.25. The topological polar surface area (TPSA) is 41.1 Å². The van der Waals surface area contributed by atoms with Gasteiger partial charge in [-0.2, -0.15) is 11.3 Å². The summed E-state index contributed by atoms with van der Waals surface area (Å²) in [5, 5.41) is 10.5. The SMILES string of the molecule is Cc1cscc1CNCC(=O)NC1CCCC1. The van der Waals surface area contributed by atoms with Gasteiger partial charge >= 0.3 is 0 Å². The van der Waals surface area contributed by atoms with Gasteiger partial charge in [-0.05, 0) is 41.7 Å². The lowest BCUT2D eigenvalue weighted by molar-refractivity contribution is -0.120. The Kier molecular flexibility index (Phi) is 4.57. The molecule has 0 bridgehead atoms. The van der Waals surface area contributed by atoms with Crippen LogP contribution in [0, 0.1) is 6.92 Å². The molecule has 1 aromatic heterocycles. The third kappa shape index (κ3) is 3.82. The predicted molar refractivity (Wildman–Crippen MR) is 71.2 cm³/mol. The highest BCUT2D eigenvalue weighted by Crippen LogP contribution is 2.17. The number of thiophene rings is 1. The van der Waals surface area contributed by atoms with Gasteiger partial charge in [0.25, 0.3) is 0 Å². The van der Waals surface area contributed by atoms with E-state index in [0.717, 1.165) is 19.4 Å². The largest absolute Gasteiger partial charge is 0.352 e. The van der Waals surface area contributed by atoms with Crippen LogP contribution in [-0.2, 0) is 11.3 Å². The number of hydrogen-bond donors (Lipinski definition) is 2. The summed E-state index contributed by atoms with van der Waals surface area (Å²) >= 11 is 1.71. The molecule has 1 aromatic rings. The Morgan fingerprint density at radius 1 is 1.41 bits per heavy atom. The second-order valence-corrected chi connectivity index (χ2v) is 5.48. The zero-order chi connectivity index (χ0) is 12.1. The van der Waals surface area contributed by atoms with E-state index in [1.54, 1.807) is 11.3 Å². The van der Waals surface area contributed by atoms with Gasteiger partial charge in [0.2, 0.25) is 5.91 Å². The van der Waals surface area contributed by atoms with Gasteiger partial charge in [-0.3, -0.25) is 4.79 Å². The maximum atomic E-state index is 11.6. The molecule has 0 unspecified atom stereocenters. The van der Waals surface area contributed by atoms with Gasteiger partial charge < -0.3 is 10.6 Å². The summed E-state index contributed by atoms with van der Waals surface area (Å²) in [5.74, 6) is 0.129. The number of nitrogens with one attached hydrogen (secondary N) is 2. The lowest BCUT2D eigenvalue weighted by Gasteiger charge is -2.12. The molecule has 2 rings (SSSR count). The highest BCUT2D eigenvalue weighted by atomic mass is 32.1. The molecule has 94 valence electrons. The van der Waals surface area contributed by atoms with Gasteiger partial charge in [0.05, 0.1) is 6.54 Å². The van der Waals surface area contributed by atoms with Crippen molar-refractivity contribution in [2.45, 2.75) is 45.2 Å². The third-order valence-electron chi connectivity index (χ3n) is 3.28. The van der Waals surface area contributed by atoms with E-state index in [1.165, 1.54) is 24.0 Å². The average molecular weight is 252 g/mol. The Hall–Kier alpha value is -0.870. The van der Waals surface area contributed by atoms with Gasteiger partial charge in [0, 0.05) is 12.6 Å². The van der Waals surface area contributed by atoms with E-state index in [0.29, 0.717) is 12.6 Å². The quantitative estimate of drug-likeness (QED) is 0.843. The van der Waals surface area contributed by atoms with Crippen molar-refractivity contribution in [1.29, 1.82) is 0 Å². The van der Waals surface area contributed by atoms with E-state index in [9.17, 15) is 4.79 Å². The van der Waals surface area contributed by atoms with Gasteiger partial charge in [0.1, 0.15) is 0 Å². The second kappa shape index (κ2) is 6.17. The number of amides is 1. The molecule has 0 aliphatic heterocycles. The van der Waals surface area contributed by atoms with Crippen molar-refractivity contribution in [2.75, 3.05) is 6.54 Å². The van der Waals surface area contributed by atoms with Gasteiger partial charge in [-0.15, -0.1) is 0 Å². The zero-order valence-electron chi connectivity index (χ0n) is 10.3. The van der Waals surface area contributed by atoms with E-state index < -0.39 is 0 Å². The predicted octanol–water partition coefficient (Wildman–Crippen LogP) is 2.20. The average Bonchev–Trinajstić information content (AvgIpc) is 2.91. The fourth-order valence-corrected chi connectivity index (χ4v) is 3.08. The maximum Gasteiger partial charge on any atom is 0.234 e. The van der Waals surface area contributed by atoms with E-state index in [1.807, 2.05) is 0 Å². The summed E-state index contributed by atoms with van der Waals surface area (Å²) in [4.78, 5) is 11.6. The highest BCUT2D eigenvalue weighted by Gasteiger charge is 2.16. The minimum atomic E-state index is 0.129. The van der Waals surface area contributed by atoms with E-state index in [2.05, 4.69) is 28.3 Å². The Balaban J connectivity index is 1.64. The standard InChI is InChI=1S/C13H20N2OS/c1-10-8-17-9-11(10)6-14-7-13(16)15-12-4-2-3-5-12/h8-9,12,14H,2-7H2,1H3,(H,15,16). The van der Waals surface area contributed by atoms with Gasteiger partial charge in [-0.25, -0.2) is 0 Å². The Labute approximate surface area is 107 Å². The minimum Gasteiger partial charge on any atom is -0.352 e. The van der Waals surface area contributed by atoms with Crippen LogP contribution in [0.2, 0.25) is 0 Å². The molecule has 0 aromatic carbocycles. The fourth-order valence-electron chi connectivity index (χ4n) is 2.23. The second-order valence-electron chi connectivity index (χ2n) is 4.73. The van der Waals surface area contributed by atoms with Crippen molar-refractivity contribution in [3.8, 4) is 0 Å². The number of aryl methyl sites for hydroxylation is 1. The summed E-state index contributed by atoms with van der Waals surface area (Å²) < 4.78 is 0. The number of carbonyl (C=O) groups is 1. The lowest BCUT2D eigenvalue weighted by atomic mass is 10.2. The molecular formula is C13H20N2OS. The van der Waals surface area contributed by atoms with Crippen LogP contribution in [0.1, 0.15) is 36.8 Å². The first kappa shape index (κ1) is 12.6. The molecule has 0 saturated heterocycles. The van der Waals surface area contributed by atoms with E-state index >= 15 is 0 Å². The molecule has 0 atom stereocenters. The fraction of sp³-hybridized carbons (Fsp3) is 0.615. The monoisotopic (exact) mass is 252 g/mol. The van der Waals surface area contributed by atoms with Crippen LogP contribution in [0.5, 0.6) is 0 Å². The molecule has 4 heteroatoms. The molecule has 0 radical (unpaired) electrons. The first-order valence-corrected chi connectivity index (χ1v) is 7.22. The molecule has 3 nitrogen and oxygen atoms in total. The molecule has 0 spiro atoms. The summed E-state index contributed by atoms with van der Waals surface area (Å²) in [6.45, 7) is 3.31. The van der Waals surface area contributed by atoms with Crippen LogP contribution in [0.4, 0.5) is 0 Å². The van der Waals surface area contributed by atoms with Crippen molar-refractivity contribution in [3.63, 3.8) is 0 Å². The molecular weight excluding hydrogens is 232 g/mol. The lowest BCUT2D eigenvalue weighted by Crippen LogP contribution is -2.38. The molecule has 1 aliphatic carbocycles. The molecule has 2 N–H and O–H groups in total. The van der Waals surface area contributed by atoms with Crippen LogP contribution in [0.25, 0.3) is 0 Å². The molecule has 1 saturated carbocycles. The smallest absolute Gasteiger partial charge is 0.234 e. The molecule has 17 heavy (non-hydrogen) atoms. The highest BCUT2D eigenvalue weighted by molar-refractivity contribution is 7.08. The Morgan fingerprint density at radius 3 is 2.82 bits per heavy atom. The Bertz CT molecular complexity index is 369. The minimum absolute atomic E-state index is 0.129. The first-order valence-electron chi connectivity index (χ1n) is 6.27. The normalized spacial score (nSPS) is 16.3. The van der Waals surface area contributed by atoms with Crippen molar-refractivity contribution < 1.29 is 4.79 Å². The van der Waals surface area contributed by atoms with Gasteiger partial charge in [-0.1, -0.05) is 12.8 Å². The van der Waals surface area contributed by atoms with Crippen molar-refractivity contribution >= 4 is 17.2 Å². The summed E-state index contributed by atoms with van der Waals surface area (Å²) in [5.41, 5.74) is 2.60. The van der Waals surface area contributed by atoms with Crippen molar-refractivity contribution in [2.24, 2.45) is 0 Å². The summed E-state index contributed by atoms with van der Waals surface area (Å²) in [7, 11) is 0. The Morgan fingerprint density at radius 2 is 2.18 bits per heavy atom. The van der Waals surface area contributed by atoms with Crippen molar-refractivity contribution in [1.82, 2.24) is 10.6 Å². The zero-order valence-corrected chi connectivity index (χ0v) is 11.1. The van der Waals surface area contributed by atoms with Crippen LogP contribution in [-0.4, -0.2) is 18.5 Å². The van der Waals surface area contributed by atoms with E-state index in [4.69, 9.17) is 0 Å². The van der Waals surface area contributed by atoms with Crippen molar-refractivity contribution in [3.05, 3.63) is 21.9 Å².